The van der Waals surface area contributed by atoms with Crippen LogP contribution in [-0.2, 0) is 23.7 Å². The smallest absolute Gasteiger partial charge is 0.245 e. The number of amides is 1. The molecule has 1 unspecified atom stereocenters. The van der Waals surface area contributed by atoms with Crippen LogP contribution in [0.15, 0.2) is 0 Å². The normalized spacial score (nSPS) is 12.3. The van der Waals surface area contributed by atoms with Gasteiger partial charge in [0.05, 0.1) is 46.2 Å². The van der Waals surface area contributed by atoms with E-state index in [2.05, 4.69) is 17.6 Å². The highest BCUT2D eigenvalue weighted by molar-refractivity contribution is 5.77. The van der Waals surface area contributed by atoms with Crippen molar-refractivity contribution in [2.45, 2.75) is 26.0 Å². The summed E-state index contributed by atoms with van der Waals surface area (Å²) in [5, 5.41) is 15.3. The van der Waals surface area contributed by atoms with E-state index in [1.54, 1.807) is 0 Å². The van der Waals surface area contributed by atoms with Gasteiger partial charge in [0.1, 0.15) is 12.8 Å². The van der Waals surface area contributed by atoms with Crippen LogP contribution in [0.2, 0.25) is 0 Å². The summed E-state index contributed by atoms with van der Waals surface area (Å²) in [4.78, 5) is 11.3. The van der Waals surface area contributed by atoms with Gasteiger partial charge in [-0.25, -0.2) is 0 Å². The number of nitrogens with two attached hydrogens (primary N) is 1. The minimum atomic E-state index is -0.749. The van der Waals surface area contributed by atoms with E-state index >= 15 is 0 Å². The maximum absolute atomic E-state index is 11.3. The van der Waals surface area contributed by atoms with E-state index in [4.69, 9.17) is 24.7 Å². The SMILES string of the molecule is CCCCNC(=O)COCCOCCNC(O)COCCOCCN. The van der Waals surface area contributed by atoms with Gasteiger partial charge >= 0.3 is 0 Å². The number of carbonyl (C=O) groups excluding carboxylic acids is 1. The molecule has 1 atom stereocenters. The largest absolute Gasteiger partial charge is 0.378 e. The number of ether oxygens (including phenoxy) is 4. The molecule has 0 saturated heterocycles. The summed E-state index contributed by atoms with van der Waals surface area (Å²) >= 11 is 0. The van der Waals surface area contributed by atoms with Gasteiger partial charge in [-0.1, -0.05) is 13.3 Å². The number of nitrogens with one attached hydrogen (secondary N) is 2. The van der Waals surface area contributed by atoms with Crippen molar-refractivity contribution in [1.29, 1.82) is 0 Å². The zero-order chi connectivity index (χ0) is 18.6. The average Bonchev–Trinajstić information content (AvgIpc) is 2.60. The molecular formula is C16H35N3O6. The fourth-order valence-electron chi connectivity index (χ4n) is 1.70. The molecule has 0 spiro atoms. The van der Waals surface area contributed by atoms with E-state index in [9.17, 15) is 9.90 Å². The summed E-state index contributed by atoms with van der Waals surface area (Å²) in [6, 6.07) is 0. The molecule has 0 fully saturated rings. The summed E-state index contributed by atoms with van der Waals surface area (Å²) in [7, 11) is 0. The third kappa shape index (κ3) is 19.4. The van der Waals surface area contributed by atoms with Gasteiger partial charge in [0.2, 0.25) is 5.91 Å². The molecule has 1 amide bonds. The zero-order valence-electron chi connectivity index (χ0n) is 15.3. The molecule has 0 aliphatic rings. The maximum atomic E-state index is 11.3. The van der Waals surface area contributed by atoms with Crippen LogP contribution in [0.1, 0.15) is 19.8 Å². The molecule has 9 heteroatoms. The van der Waals surface area contributed by atoms with Gasteiger partial charge in [0.25, 0.3) is 0 Å². The van der Waals surface area contributed by atoms with Crippen molar-refractivity contribution in [3.05, 3.63) is 0 Å². The lowest BCUT2D eigenvalue weighted by molar-refractivity contribution is -0.126. The fourth-order valence-corrected chi connectivity index (χ4v) is 1.70. The molecule has 0 radical (unpaired) electrons. The second-order valence-corrected chi connectivity index (χ2v) is 5.31. The summed E-state index contributed by atoms with van der Waals surface area (Å²) in [5.74, 6) is -0.105. The van der Waals surface area contributed by atoms with Crippen LogP contribution in [-0.4, -0.2) is 89.7 Å². The van der Waals surface area contributed by atoms with Crippen molar-refractivity contribution in [3.63, 3.8) is 0 Å². The van der Waals surface area contributed by atoms with Crippen LogP contribution in [0.4, 0.5) is 0 Å². The quantitative estimate of drug-likeness (QED) is 0.167. The van der Waals surface area contributed by atoms with Crippen molar-refractivity contribution < 1.29 is 28.8 Å². The van der Waals surface area contributed by atoms with Gasteiger partial charge in [0, 0.05) is 19.6 Å². The van der Waals surface area contributed by atoms with E-state index < -0.39 is 6.23 Å². The lowest BCUT2D eigenvalue weighted by Gasteiger charge is -2.13. The topological polar surface area (TPSA) is 124 Å². The lowest BCUT2D eigenvalue weighted by atomic mass is 10.3. The van der Waals surface area contributed by atoms with Gasteiger partial charge in [-0.05, 0) is 6.42 Å². The molecule has 0 aliphatic carbocycles. The third-order valence-electron chi connectivity index (χ3n) is 2.99. The average molecular weight is 365 g/mol. The molecule has 0 bridgehead atoms. The van der Waals surface area contributed by atoms with E-state index in [0.29, 0.717) is 59.3 Å². The number of hydrogen-bond acceptors (Lipinski definition) is 8. The summed E-state index contributed by atoms with van der Waals surface area (Å²) in [6.45, 7) is 6.55. The number of aliphatic hydroxyl groups is 1. The van der Waals surface area contributed by atoms with Gasteiger partial charge in [-0.15, -0.1) is 0 Å². The van der Waals surface area contributed by atoms with E-state index in [1.165, 1.54) is 0 Å². The molecular weight excluding hydrogens is 330 g/mol. The number of hydrogen-bond donors (Lipinski definition) is 4. The Hall–Kier alpha value is -0.810. The lowest BCUT2D eigenvalue weighted by Crippen LogP contribution is -2.36. The zero-order valence-corrected chi connectivity index (χ0v) is 15.3. The Morgan fingerprint density at radius 1 is 1.00 bits per heavy atom. The maximum Gasteiger partial charge on any atom is 0.245 e. The van der Waals surface area contributed by atoms with Crippen LogP contribution in [0, 0.1) is 0 Å². The molecule has 5 N–H and O–H groups in total. The molecule has 9 nitrogen and oxygen atoms in total. The van der Waals surface area contributed by atoms with Gasteiger partial charge < -0.3 is 35.1 Å². The second-order valence-electron chi connectivity index (χ2n) is 5.31. The number of carbonyl (C=O) groups is 1. The molecule has 0 aromatic rings. The fraction of sp³-hybridized carbons (Fsp3) is 0.938. The van der Waals surface area contributed by atoms with Gasteiger partial charge in [0.15, 0.2) is 0 Å². The van der Waals surface area contributed by atoms with Gasteiger partial charge in [-0.3, -0.25) is 10.1 Å². The third-order valence-corrected chi connectivity index (χ3v) is 2.99. The van der Waals surface area contributed by atoms with Crippen LogP contribution in [0.5, 0.6) is 0 Å². The van der Waals surface area contributed by atoms with Crippen molar-refractivity contribution >= 4 is 5.91 Å². The van der Waals surface area contributed by atoms with Crippen LogP contribution in [0.25, 0.3) is 0 Å². The molecule has 0 saturated carbocycles. The summed E-state index contributed by atoms with van der Waals surface area (Å²) in [5.41, 5.74) is 5.28. The number of rotatable bonds is 19. The first-order chi connectivity index (χ1) is 12.2. The molecule has 0 heterocycles. The van der Waals surface area contributed by atoms with E-state index in [1.807, 2.05) is 0 Å². The Labute approximate surface area is 150 Å². The highest BCUT2D eigenvalue weighted by Crippen LogP contribution is 1.85. The molecule has 25 heavy (non-hydrogen) atoms. The minimum absolute atomic E-state index is 0.0520. The number of unbranched alkanes of at least 4 members (excludes halogenated alkanes) is 1. The molecule has 0 aromatic heterocycles. The molecule has 0 rings (SSSR count). The van der Waals surface area contributed by atoms with Crippen molar-refractivity contribution in [1.82, 2.24) is 10.6 Å². The molecule has 150 valence electrons. The monoisotopic (exact) mass is 365 g/mol. The van der Waals surface area contributed by atoms with Crippen molar-refractivity contribution in [3.8, 4) is 0 Å². The predicted octanol–water partition coefficient (Wildman–Crippen LogP) is -1.16. The Kier molecular flexibility index (Phi) is 18.9. The Balaban J connectivity index is 3.22. The second kappa shape index (κ2) is 19.5. The Morgan fingerprint density at radius 3 is 2.40 bits per heavy atom. The molecule has 0 aromatic carbocycles. The van der Waals surface area contributed by atoms with E-state index in [0.717, 1.165) is 12.8 Å². The van der Waals surface area contributed by atoms with Gasteiger partial charge in [-0.2, -0.15) is 0 Å². The van der Waals surface area contributed by atoms with Crippen LogP contribution < -0.4 is 16.4 Å². The van der Waals surface area contributed by atoms with Crippen molar-refractivity contribution in [2.24, 2.45) is 5.73 Å². The molecule has 0 aliphatic heterocycles. The first-order valence-electron chi connectivity index (χ1n) is 8.89. The Bertz CT molecular complexity index is 297. The number of aliphatic hydroxyl groups excluding tert-OH is 1. The van der Waals surface area contributed by atoms with Crippen LogP contribution >= 0.6 is 0 Å². The van der Waals surface area contributed by atoms with Crippen molar-refractivity contribution in [2.75, 3.05) is 72.5 Å². The summed E-state index contributed by atoms with van der Waals surface area (Å²) < 4.78 is 20.9. The Morgan fingerprint density at radius 2 is 1.68 bits per heavy atom. The first kappa shape index (κ1) is 24.2. The highest BCUT2D eigenvalue weighted by atomic mass is 16.5. The highest BCUT2D eigenvalue weighted by Gasteiger charge is 2.03. The van der Waals surface area contributed by atoms with E-state index in [-0.39, 0.29) is 19.1 Å². The standard InChI is InChI=1S/C16H35N3O6/c1-2-3-5-18-15(20)13-25-12-10-23-8-6-19-16(21)14-24-11-9-22-7-4-17/h16,19,21H,2-14,17H2,1H3,(H,18,20). The minimum Gasteiger partial charge on any atom is -0.378 e. The first-order valence-corrected chi connectivity index (χ1v) is 8.89. The van der Waals surface area contributed by atoms with Crippen LogP contribution in [0.3, 0.4) is 0 Å². The predicted molar refractivity (Wildman–Crippen MR) is 94.3 cm³/mol. The summed E-state index contributed by atoms with van der Waals surface area (Å²) in [6.07, 6.45) is 1.27.